The molecule has 39 nitrogen and oxygen atoms in total. The summed E-state index contributed by atoms with van der Waals surface area (Å²) in [7, 11) is -2.83. The highest BCUT2D eigenvalue weighted by atomic mass is 32.2. The highest BCUT2D eigenvalue weighted by Crippen LogP contribution is 2.49. The zero-order chi connectivity index (χ0) is 98.8. The lowest BCUT2D eigenvalue weighted by Gasteiger charge is -2.27. The Kier molecular flexibility index (Phi) is 74.9. The van der Waals surface area contributed by atoms with E-state index < -0.39 is 32.6 Å². The number of hydrogen-bond donors (Lipinski definition) is 5. The Labute approximate surface area is 818 Å². The molecular formula is C96H166N5O34S2+. The summed E-state index contributed by atoms with van der Waals surface area (Å²) in [5, 5.41) is 21.5. The Morgan fingerprint density at radius 3 is 1.12 bits per heavy atom. The van der Waals surface area contributed by atoms with Gasteiger partial charge in [0.25, 0.3) is 10.1 Å². The lowest BCUT2D eigenvalue weighted by molar-refractivity contribution is -0.438. The van der Waals surface area contributed by atoms with Gasteiger partial charge in [-0.1, -0.05) is 43.5 Å². The standard InChI is InChI=1S/C96H165N5O34S2/c1-94(2,3)133-93(104)99-30-18-12-17-29-97-91(102)23-15-10-19-32-100-87-27-25-83(136-135-134-105)81-85(87)95(4,5)89(100)21-13-9-14-22-90-96(6,7)86-82-84(137(106,107)108)26-28-88(86)101(90)33-20-11-16-24-92(103)98-31-34-110-37-38-112-41-42-114-45-46-116-49-50-118-53-54-120-57-58-122-61-62-124-65-66-126-69-70-128-73-74-130-77-78-132-80-79-131-76-75-129-72-71-127-68-67-125-64-63-123-60-59-121-56-55-119-52-51-117-48-47-115-44-43-113-40-39-111-36-35-109-8/h9,13-14,21-22,25-28,81-82H,10-12,15-20,23-24,29-80H2,1-8H3,(H4-,97,98,99,102,103,104,105,106,107,108)/p+1. The van der Waals surface area contributed by atoms with E-state index in [0.717, 1.165) is 102 Å². The van der Waals surface area contributed by atoms with Crippen LogP contribution in [0.3, 0.4) is 0 Å². The van der Waals surface area contributed by atoms with Crippen molar-refractivity contribution in [2.24, 2.45) is 0 Å². The second-order valence-electron chi connectivity index (χ2n) is 33.2. The molecule has 0 bridgehead atoms. The average molecular weight is 2000 g/mol. The van der Waals surface area contributed by atoms with Crippen molar-refractivity contribution in [3.63, 3.8) is 0 Å². The number of alkyl carbamates (subject to hydrolysis) is 1. The smallest absolute Gasteiger partial charge is 0.407 e. The van der Waals surface area contributed by atoms with Crippen LogP contribution >= 0.6 is 12.0 Å². The fraction of sp³-hybridized carbons (Fsp3) is 0.771. The first-order valence-corrected chi connectivity index (χ1v) is 50.5. The van der Waals surface area contributed by atoms with E-state index >= 15 is 0 Å². The monoisotopic (exact) mass is 2000 g/mol. The van der Waals surface area contributed by atoms with E-state index in [1.807, 2.05) is 77.1 Å². The van der Waals surface area contributed by atoms with Gasteiger partial charge in [-0.2, -0.15) is 13.0 Å². The summed E-state index contributed by atoms with van der Waals surface area (Å²) in [5.41, 5.74) is 4.13. The molecule has 0 saturated carbocycles. The van der Waals surface area contributed by atoms with Crippen LogP contribution in [-0.2, 0) is 158 Å². The summed E-state index contributed by atoms with van der Waals surface area (Å²) in [6.07, 6.45) is 17.5. The molecule has 5 N–H and O–H groups in total. The van der Waals surface area contributed by atoms with Crippen molar-refractivity contribution in [3.05, 3.63) is 83.6 Å². The maximum absolute atomic E-state index is 12.8. The molecule has 2 aromatic rings. The highest BCUT2D eigenvalue weighted by Gasteiger charge is 2.45. The van der Waals surface area contributed by atoms with Gasteiger partial charge in [-0.3, -0.25) is 14.1 Å². The van der Waals surface area contributed by atoms with Gasteiger partial charge in [0.1, 0.15) is 12.1 Å². The molecule has 137 heavy (non-hydrogen) atoms. The minimum atomic E-state index is -4.47. The van der Waals surface area contributed by atoms with E-state index in [2.05, 4.69) is 50.4 Å². The molecule has 0 unspecified atom stereocenters. The van der Waals surface area contributed by atoms with Gasteiger partial charge >= 0.3 is 6.09 Å². The third-order valence-electron chi connectivity index (χ3n) is 20.5. The van der Waals surface area contributed by atoms with Gasteiger partial charge in [-0.15, -0.1) is 4.33 Å². The molecule has 2 aromatic carbocycles. The van der Waals surface area contributed by atoms with E-state index in [-0.39, 0.29) is 16.7 Å². The van der Waals surface area contributed by atoms with Crippen molar-refractivity contribution < 1.29 is 165 Å². The number of unbranched alkanes of at least 4 members (excludes halogenated alkanes) is 6. The first-order valence-electron chi connectivity index (χ1n) is 48.4. The van der Waals surface area contributed by atoms with Gasteiger partial charge < -0.3 is 139 Å². The molecule has 0 aromatic heterocycles. The number of benzene rings is 2. The Morgan fingerprint density at radius 1 is 0.401 bits per heavy atom. The molecule has 41 heteroatoms. The molecular weight excluding hydrogens is 1830 g/mol. The minimum Gasteiger partial charge on any atom is -0.444 e. The quantitative estimate of drug-likeness (QED) is 0.00782. The summed E-state index contributed by atoms with van der Waals surface area (Å²) in [6.45, 7) is 38.7. The maximum Gasteiger partial charge on any atom is 0.407 e. The number of amides is 3. The van der Waals surface area contributed by atoms with Crippen LogP contribution in [0.1, 0.15) is 130 Å². The van der Waals surface area contributed by atoms with Crippen molar-refractivity contribution in [1.82, 2.24) is 16.0 Å². The molecule has 2 heterocycles. The normalized spacial score (nSPS) is 13.9. The van der Waals surface area contributed by atoms with Gasteiger partial charge in [0.2, 0.25) is 17.5 Å². The van der Waals surface area contributed by atoms with Crippen LogP contribution in [0.4, 0.5) is 16.2 Å². The Balaban J connectivity index is 0.868. The number of hydrogen-bond acceptors (Lipinski definition) is 35. The Hall–Kier alpha value is -5.48. The predicted octanol–water partition coefficient (Wildman–Crippen LogP) is 9.61. The molecule has 0 spiro atoms. The molecule has 0 aliphatic carbocycles. The molecule has 2 aliphatic rings. The average Bonchev–Trinajstić information content (AvgIpc) is 1.49. The zero-order valence-corrected chi connectivity index (χ0v) is 84.7. The van der Waals surface area contributed by atoms with Crippen LogP contribution in [0.15, 0.2) is 82.3 Å². The van der Waals surface area contributed by atoms with E-state index in [0.29, 0.717) is 363 Å². The second-order valence-corrected chi connectivity index (χ2v) is 35.4. The lowest BCUT2D eigenvalue weighted by atomic mass is 9.81. The lowest BCUT2D eigenvalue weighted by Crippen LogP contribution is -2.33. The summed E-state index contributed by atoms with van der Waals surface area (Å²) in [6, 6.07) is 10.7. The van der Waals surface area contributed by atoms with Crippen LogP contribution in [0.25, 0.3) is 0 Å². The third-order valence-corrected chi connectivity index (χ3v) is 21.9. The number of methoxy groups -OCH3 is 1. The number of anilines is 1. The minimum absolute atomic E-state index is 0.0213. The molecule has 4 rings (SSSR count). The summed E-state index contributed by atoms with van der Waals surface area (Å²) < 4.78 is 179. The largest absolute Gasteiger partial charge is 0.444 e. The van der Waals surface area contributed by atoms with Crippen LogP contribution in [-0.4, -0.2) is 402 Å². The van der Waals surface area contributed by atoms with Crippen molar-refractivity contribution in [2.45, 2.75) is 145 Å². The first-order chi connectivity index (χ1) is 66.7. The fourth-order valence-corrected chi connectivity index (χ4v) is 14.5. The summed E-state index contributed by atoms with van der Waals surface area (Å²) >= 11 is 0.906. The Morgan fingerprint density at radius 2 is 0.752 bits per heavy atom. The molecule has 0 saturated heterocycles. The van der Waals surface area contributed by atoms with Gasteiger partial charge in [0.05, 0.1) is 333 Å². The number of nitrogens with one attached hydrogen (secondary N) is 3. The number of fused-ring (bicyclic) bond motifs is 2. The van der Waals surface area contributed by atoms with Gasteiger partial charge in [-0.05, 0) is 122 Å². The maximum atomic E-state index is 12.8. The molecule has 3 amide bonds. The Bertz CT molecular complexity index is 3580. The number of rotatable bonds is 97. The number of carbonyl (C=O) groups excluding carboxylic acids is 3. The van der Waals surface area contributed by atoms with Gasteiger partial charge in [0.15, 0.2) is 5.71 Å². The molecule has 0 atom stereocenters. The third kappa shape index (κ3) is 64.0. The zero-order valence-electron chi connectivity index (χ0n) is 83.1. The van der Waals surface area contributed by atoms with Crippen LogP contribution in [0, 0.1) is 0 Å². The summed E-state index contributed by atoms with van der Waals surface area (Å²) in [5.74, 6) is -0.0396. The van der Waals surface area contributed by atoms with Crippen molar-refractivity contribution in [1.29, 1.82) is 0 Å². The van der Waals surface area contributed by atoms with Crippen molar-refractivity contribution >= 4 is 57.2 Å². The molecule has 2 aliphatic heterocycles. The fourth-order valence-electron chi connectivity index (χ4n) is 13.6. The van der Waals surface area contributed by atoms with E-state index in [4.69, 9.17) is 128 Å². The number of ether oxygens (including phenoxy) is 25. The van der Waals surface area contributed by atoms with Crippen LogP contribution in [0.5, 0.6) is 0 Å². The van der Waals surface area contributed by atoms with Crippen molar-refractivity contribution in [2.75, 3.05) is 355 Å². The van der Waals surface area contributed by atoms with E-state index in [9.17, 15) is 27.4 Å². The van der Waals surface area contributed by atoms with E-state index in [1.54, 1.807) is 19.2 Å². The number of nitrogens with zero attached hydrogens (tertiary/aromatic N) is 2. The second kappa shape index (κ2) is 82.9. The number of allylic oxidation sites excluding steroid dienone is 6. The van der Waals surface area contributed by atoms with E-state index in [1.165, 1.54) is 6.07 Å². The highest BCUT2D eigenvalue weighted by molar-refractivity contribution is 7.94. The van der Waals surface area contributed by atoms with Crippen LogP contribution < -0.4 is 20.9 Å². The topological polar surface area (TPSA) is 417 Å². The predicted molar refractivity (Wildman–Crippen MR) is 515 cm³/mol. The van der Waals surface area contributed by atoms with Gasteiger partial charge in [-0.25, -0.2) is 10.1 Å². The SMILES string of the molecule is COCCOCCOCCOCCOCCOCCOCCOCCOCCOCCOCCOCCOCCOCCOCCOCCOCCOCCOCCOCCOCCOCCOCCOCCNC(=O)CCCCCN1C(=CC=CC=CC2=[N+](CCCCCC(=O)NCCCCCNC(=O)OC(C)(C)C)c3ccc(SOOO)cc3C2(C)C)C(C)(C)c2cc(S(=O)(=O)O)ccc21. The first kappa shape index (κ1) is 124. The van der Waals surface area contributed by atoms with Crippen LogP contribution in [0.2, 0.25) is 0 Å². The molecule has 0 radical (unpaired) electrons. The van der Waals surface area contributed by atoms with Crippen molar-refractivity contribution in [3.8, 4) is 0 Å². The molecule has 0 fully saturated rings. The van der Waals surface area contributed by atoms with Gasteiger partial charge in [0, 0.05) is 92.0 Å². The summed E-state index contributed by atoms with van der Waals surface area (Å²) in [4.78, 5) is 40.2. The molecule has 790 valence electrons. The number of carbonyl (C=O) groups is 3.